The van der Waals surface area contributed by atoms with Crippen LogP contribution in [0.15, 0.2) is 48.5 Å². The Balaban J connectivity index is 1.69. The molecule has 0 aromatic heterocycles. The molecule has 2 aromatic rings. The van der Waals surface area contributed by atoms with Gasteiger partial charge in [0.1, 0.15) is 0 Å². The van der Waals surface area contributed by atoms with E-state index in [1.165, 1.54) is 36.7 Å². The topological polar surface area (TPSA) is 75.5 Å². The number of carbonyl (C=O) groups excluding carboxylic acids is 1. The molecule has 134 valence electrons. The van der Waals surface area contributed by atoms with Gasteiger partial charge in [-0.3, -0.25) is 14.9 Å². The van der Waals surface area contributed by atoms with Gasteiger partial charge in [0.2, 0.25) is 5.91 Å². The maximum absolute atomic E-state index is 12.2. The molecule has 0 saturated carbocycles. The summed E-state index contributed by atoms with van der Waals surface area (Å²) in [7, 11) is 0. The van der Waals surface area contributed by atoms with E-state index in [0.717, 1.165) is 24.3 Å². The summed E-state index contributed by atoms with van der Waals surface area (Å²) in [6.45, 7) is 4.11. The van der Waals surface area contributed by atoms with E-state index in [1.807, 2.05) is 19.1 Å². The number of carbonyl (C=O) groups is 1. The summed E-state index contributed by atoms with van der Waals surface area (Å²) in [5.41, 5.74) is 3.27. The zero-order valence-corrected chi connectivity index (χ0v) is 14.6. The summed E-state index contributed by atoms with van der Waals surface area (Å²) >= 11 is 0. The van der Waals surface area contributed by atoms with Crippen molar-refractivity contribution in [1.82, 2.24) is 0 Å². The molecular formula is C20H21N3O3. The van der Waals surface area contributed by atoms with E-state index in [-0.39, 0.29) is 11.6 Å². The largest absolute Gasteiger partial charge is 0.372 e. The molecule has 6 nitrogen and oxygen atoms in total. The predicted molar refractivity (Wildman–Crippen MR) is 103 cm³/mol. The fraction of sp³-hybridized carbons (Fsp3) is 0.250. The highest BCUT2D eigenvalue weighted by atomic mass is 16.6. The lowest BCUT2D eigenvalue weighted by molar-refractivity contribution is -0.385. The predicted octanol–water partition coefficient (Wildman–Crippen LogP) is 4.16. The molecule has 1 aliphatic rings. The van der Waals surface area contributed by atoms with Crippen LogP contribution < -0.4 is 10.2 Å². The third-order valence-electron chi connectivity index (χ3n) is 4.49. The Morgan fingerprint density at radius 2 is 1.92 bits per heavy atom. The molecule has 0 spiro atoms. The van der Waals surface area contributed by atoms with Gasteiger partial charge in [0.05, 0.1) is 10.5 Å². The first-order valence-corrected chi connectivity index (χ1v) is 8.63. The highest BCUT2D eigenvalue weighted by molar-refractivity contribution is 6.02. The molecule has 0 aliphatic carbocycles. The van der Waals surface area contributed by atoms with Crippen LogP contribution >= 0.6 is 0 Å². The lowest BCUT2D eigenvalue weighted by atomic mass is 10.1. The summed E-state index contributed by atoms with van der Waals surface area (Å²) < 4.78 is 0. The molecule has 2 aromatic carbocycles. The lowest BCUT2D eigenvalue weighted by Crippen LogP contribution is -2.18. The van der Waals surface area contributed by atoms with Crippen LogP contribution in [-0.2, 0) is 4.79 Å². The number of nitrogens with zero attached hydrogens (tertiary/aromatic N) is 2. The van der Waals surface area contributed by atoms with Gasteiger partial charge in [-0.2, -0.15) is 0 Å². The third-order valence-corrected chi connectivity index (χ3v) is 4.49. The third kappa shape index (κ3) is 4.08. The number of hydrogen-bond donors (Lipinski definition) is 1. The van der Waals surface area contributed by atoms with E-state index in [0.29, 0.717) is 5.56 Å². The SMILES string of the molecule is Cc1cc(N2CCCC2)ccc1NC(=O)/C=C/c1ccccc1[N+](=O)[O-]. The van der Waals surface area contributed by atoms with Crippen molar-refractivity contribution in [1.29, 1.82) is 0 Å². The minimum absolute atomic E-state index is 0.0253. The van der Waals surface area contributed by atoms with E-state index >= 15 is 0 Å². The second-order valence-electron chi connectivity index (χ2n) is 6.33. The Hall–Kier alpha value is -3.15. The van der Waals surface area contributed by atoms with E-state index in [2.05, 4.69) is 16.3 Å². The fourth-order valence-corrected chi connectivity index (χ4v) is 3.09. The molecule has 1 saturated heterocycles. The van der Waals surface area contributed by atoms with Gasteiger partial charge in [0.25, 0.3) is 5.69 Å². The average molecular weight is 351 g/mol. The molecule has 1 fully saturated rings. The zero-order chi connectivity index (χ0) is 18.5. The molecule has 0 bridgehead atoms. The first kappa shape index (κ1) is 17.7. The normalized spacial score (nSPS) is 14.0. The van der Waals surface area contributed by atoms with Gasteiger partial charge in [0.15, 0.2) is 0 Å². The van der Waals surface area contributed by atoms with Crippen molar-refractivity contribution in [2.24, 2.45) is 0 Å². The van der Waals surface area contributed by atoms with E-state index < -0.39 is 4.92 Å². The van der Waals surface area contributed by atoms with E-state index in [9.17, 15) is 14.9 Å². The molecule has 0 unspecified atom stereocenters. The van der Waals surface area contributed by atoms with Gasteiger partial charge >= 0.3 is 0 Å². The Labute approximate surface area is 152 Å². The number of benzene rings is 2. The highest BCUT2D eigenvalue weighted by Crippen LogP contribution is 2.25. The van der Waals surface area contributed by atoms with Crippen molar-refractivity contribution in [2.75, 3.05) is 23.3 Å². The Bertz CT molecular complexity index is 855. The fourth-order valence-electron chi connectivity index (χ4n) is 3.09. The van der Waals surface area contributed by atoms with Gasteiger partial charge in [-0.05, 0) is 55.7 Å². The van der Waals surface area contributed by atoms with Crippen molar-refractivity contribution >= 4 is 29.0 Å². The summed E-state index contributed by atoms with van der Waals surface area (Å²) in [6, 6.07) is 12.3. The Kier molecular flexibility index (Phi) is 5.31. The maximum atomic E-state index is 12.2. The quantitative estimate of drug-likeness (QED) is 0.499. The van der Waals surface area contributed by atoms with Gasteiger partial charge in [-0.1, -0.05) is 12.1 Å². The molecule has 1 heterocycles. The maximum Gasteiger partial charge on any atom is 0.276 e. The van der Waals surface area contributed by atoms with Gasteiger partial charge in [0, 0.05) is 36.6 Å². The number of amides is 1. The number of rotatable bonds is 5. The Morgan fingerprint density at radius 3 is 2.62 bits per heavy atom. The second kappa shape index (κ2) is 7.82. The van der Waals surface area contributed by atoms with Crippen LogP contribution in [0.5, 0.6) is 0 Å². The first-order chi connectivity index (χ1) is 12.5. The van der Waals surface area contributed by atoms with Crippen molar-refractivity contribution in [3.63, 3.8) is 0 Å². The zero-order valence-electron chi connectivity index (χ0n) is 14.6. The average Bonchev–Trinajstić information content (AvgIpc) is 3.16. The van der Waals surface area contributed by atoms with Crippen LogP contribution in [0.3, 0.4) is 0 Å². The van der Waals surface area contributed by atoms with Crippen LogP contribution in [0.2, 0.25) is 0 Å². The molecule has 0 radical (unpaired) electrons. The molecular weight excluding hydrogens is 330 g/mol. The molecule has 1 amide bonds. The number of nitrogens with one attached hydrogen (secondary N) is 1. The van der Waals surface area contributed by atoms with Crippen molar-refractivity contribution in [2.45, 2.75) is 19.8 Å². The molecule has 1 N–H and O–H groups in total. The molecule has 26 heavy (non-hydrogen) atoms. The van der Waals surface area contributed by atoms with Gasteiger partial charge in [-0.15, -0.1) is 0 Å². The number of nitro groups is 1. The monoisotopic (exact) mass is 351 g/mol. The number of nitro benzene ring substituents is 1. The second-order valence-corrected chi connectivity index (χ2v) is 6.33. The standard InChI is InChI=1S/C20H21N3O3/c1-15-14-17(22-12-4-5-13-22)9-10-18(15)21-20(24)11-8-16-6-2-3-7-19(16)23(25)26/h2-3,6-11,14H,4-5,12-13H2,1H3,(H,21,24)/b11-8+. The molecule has 6 heteroatoms. The number of aryl methyl sites for hydroxylation is 1. The first-order valence-electron chi connectivity index (χ1n) is 8.63. The van der Waals surface area contributed by atoms with Crippen molar-refractivity contribution in [3.8, 4) is 0 Å². The molecule has 3 rings (SSSR count). The smallest absolute Gasteiger partial charge is 0.276 e. The van der Waals surface area contributed by atoms with Crippen LogP contribution in [0, 0.1) is 17.0 Å². The summed E-state index contributed by atoms with van der Waals surface area (Å²) in [5, 5.41) is 13.8. The van der Waals surface area contributed by atoms with Crippen LogP contribution in [0.25, 0.3) is 6.08 Å². The molecule has 1 aliphatic heterocycles. The highest BCUT2D eigenvalue weighted by Gasteiger charge is 2.14. The van der Waals surface area contributed by atoms with Crippen molar-refractivity contribution < 1.29 is 9.72 Å². The number of para-hydroxylation sites is 1. The van der Waals surface area contributed by atoms with E-state index in [1.54, 1.807) is 18.2 Å². The number of hydrogen-bond acceptors (Lipinski definition) is 4. The van der Waals surface area contributed by atoms with Crippen LogP contribution in [0.4, 0.5) is 17.1 Å². The summed E-state index contributed by atoms with van der Waals surface area (Å²) in [4.78, 5) is 25.1. The minimum Gasteiger partial charge on any atom is -0.372 e. The van der Waals surface area contributed by atoms with Crippen molar-refractivity contribution in [3.05, 3.63) is 69.8 Å². The van der Waals surface area contributed by atoms with Gasteiger partial charge < -0.3 is 10.2 Å². The summed E-state index contributed by atoms with van der Waals surface area (Å²) in [5.74, 6) is -0.319. The summed E-state index contributed by atoms with van der Waals surface area (Å²) in [6.07, 6.45) is 5.21. The van der Waals surface area contributed by atoms with E-state index in [4.69, 9.17) is 0 Å². The number of anilines is 2. The lowest BCUT2D eigenvalue weighted by Gasteiger charge is -2.19. The Morgan fingerprint density at radius 1 is 1.19 bits per heavy atom. The minimum atomic E-state index is -0.460. The molecule has 0 atom stereocenters. The van der Waals surface area contributed by atoms with Crippen LogP contribution in [-0.4, -0.2) is 23.9 Å². The van der Waals surface area contributed by atoms with Gasteiger partial charge in [-0.25, -0.2) is 0 Å². The van der Waals surface area contributed by atoms with Crippen LogP contribution in [0.1, 0.15) is 24.0 Å².